The Morgan fingerprint density at radius 2 is 1.89 bits per heavy atom. The maximum absolute atomic E-state index is 11.6. The molecule has 1 unspecified atom stereocenters. The summed E-state index contributed by atoms with van der Waals surface area (Å²) in [5.74, 6) is -0.107. The van der Waals surface area contributed by atoms with Gasteiger partial charge in [0.15, 0.2) is 0 Å². The van der Waals surface area contributed by atoms with Gasteiger partial charge in [0.25, 0.3) is 0 Å². The van der Waals surface area contributed by atoms with Crippen LogP contribution in [-0.2, 0) is 11.2 Å². The molecule has 0 bridgehead atoms. The molecule has 0 fully saturated rings. The highest BCUT2D eigenvalue weighted by Gasteiger charge is 2.11. The van der Waals surface area contributed by atoms with E-state index in [4.69, 9.17) is 28.9 Å². The van der Waals surface area contributed by atoms with Crippen LogP contribution in [0.2, 0.25) is 10.0 Å². The quantitative estimate of drug-likeness (QED) is 0.844. The van der Waals surface area contributed by atoms with E-state index in [1.807, 2.05) is 19.1 Å². The molecule has 3 nitrogen and oxygen atoms in total. The van der Waals surface area contributed by atoms with Crippen molar-refractivity contribution in [3.63, 3.8) is 0 Å². The molecule has 1 aromatic carbocycles. The highest BCUT2D eigenvalue weighted by molar-refractivity contribution is 6.34. The number of halogens is 3. The van der Waals surface area contributed by atoms with Crippen molar-refractivity contribution >= 4 is 41.5 Å². The number of rotatable bonds is 6. The lowest BCUT2D eigenvalue weighted by Gasteiger charge is -2.11. The fourth-order valence-corrected chi connectivity index (χ4v) is 2.23. The second-order valence-corrected chi connectivity index (χ2v) is 5.09. The molecule has 0 aliphatic rings. The smallest absolute Gasteiger partial charge is 0.236 e. The molecule has 1 aromatic rings. The van der Waals surface area contributed by atoms with Gasteiger partial charge in [-0.2, -0.15) is 0 Å². The lowest BCUT2D eigenvalue weighted by molar-refractivity contribution is -0.122. The summed E-state index contributed by atoms with van der Waals surface area (Å²) in [6, 6.07) is 4.94. The predicted molar refractivity (Wildman–Crippen MR) is 83.3 cm³/mol. The van der Waals surface area contributed by atoms with Crippen LogP contribution >= 0.6 is 35.6 Å². The van der Waals surface area contributed by atoms with Crippen molar-refractivity contribution in [2.75, 3.05) is 6.54 Å². The molecule has 1 rings (SSSR count). The third-order valence-electron chi connectivity index (χ3n) is 2.57. The maximum atomic E-state index is 11.6. The van der Waals surface area contributed by atoms with Gasteiger partial charge in [0.05, 0.1) is 6.04 Å². The number of benzene rings is 1. The topological polar surface area (TPSA) is 55.1 Å². The molecular weight excluding hydrogens is 307 g/mol. The zero-order valence-electron chi connectivity index (χ0n) is 10.8. The molecule has 0 heterocycles. The van der Waals surface area contributed by atoms with Crippen molar-refractivity contribution < 1.29 is 4.79 Å². The SMILES string of the molecule is CCCC(N)C(=O)NCCc1cc(Cl)cc(Cl)c1.Cl. The van der Waals surface area contributed by atoms with Crippen LogP contribution in [0.1, 0.15) is 25.3 Å². The first-order chi connectivity index (χ1) is 8.52. The van der Waals surface area contributed by atoms with E-state index in [1.54, 1.807) is 6.07 Å². The number of amides is 1. The number of hydrogen-bond acceptors (Lipinski definition) is 2. The van der Waals surface area contributed by atoms with Crippen LogP contribution in [0, 0.1) is 0 Å². The first-order valence-electron chi connectivity index (χ1n) is 6.01. The van der Waals surface area contributed by atoms with E-state index in [0.29, 0.717) is 29.4 Å². The summed E-state index contributed by atoms with van der Waals surface area (Å²) in [6.45, 7) is 2.54. The predicted octanol–water partition coefficient (Wildman–Crippen LogP) is 3.20. The van der Waals surface area contributed by atoms with Crippen molar-refractivity contribution in [3.05, 3.63) is 33.8 Å². The van der Waals surface area contributed by atoms with Crippen LogP contribution in [0.25, 0.3) is 0 Å². The molecule has 19 heavy (non-hydrogen) atoms. The first kappa shape index (κ1) is 18.5. The molecule has 6 heteroatoms. The molecule has 0 aliphatic heterocycles. The minimum Gasteiger partial charge on any atom is -0.354 e. The monoisotopic (exact) mass is 324 g/mol. The fourth-order valence-electron chi connectivity index (χ4n) is 1.66. The Kier molecular flexibility index (Phi) is 9.19. The van der Waals surface area contributed by atoms with Gasteiger partial charge >= 0.3 is 0 Å². The highest BCUT2D eigenvalue weighted by Crippen LogP contribution is 2.19. The fraction of sp³-hybridized carbons (Fsp3) is 0.462. The molecule has 1 atom stereocenters. The number of nitrogens with two attached hydrogens (primary N) is 1. The van der Waals surface area contributed by atoms with Gasteiger partial charge in [0, 0.05) is 16.6 Å². The zero-order valence-corrected chi connectivity index (χ0v) is 13.1. The Bertz CT molecular complexity index is 393. The summed E-state index contributed by atoms with van der Waals surface area (Å²) in [4.78, 5) is 11.6. The molecule has 1 amide bonds. The minimum absolute atomic E-state index is 0. The van der Waals surface area contributed by atoms with Gasteiger partial charge < -0.3 is 11.1 Å². The number of nitrogens with one attached hydrogen (secondary N) is 1. The van der Waals surface area contributed by atoms with Crippen LogP contribution in [0.15, 0.2) is 18.2 Å². The number of carbonyl (C=O) groups excluding carboxylic acids is 1. The largest absolute Gasteiger partial charge is 0.354 e. The van der Waals surface area contributed by atoms with E-state index in [2.05, 4.69) is 5.32 Å². The van der Waals surface area contributed by atoms with E-state index in [1.165, 1.54) is 0 Å². The summed E-state index contributed by atoms with van der Waals surface area (Å²) in [5, 5.41) is 4.01. The standard InChI is InChI=1S/C13H18Cl2N2O.ClH/c1-2-3-12(16)13(18)17-5-4-9-6-10(14)8-11(15)7-9;/h6-8,12H,2-5,16H2,1H3,(H,17,18);1H. The molecule has 0 aliphatic carbocycles. The van der Waals surface area contributed by atoms with Crippen molar-refractivity contribution in [1.29, 1.82) is 0 Å². The third kappa shape index (κ3) is 7.02. The third-order valence-corrected chi connectivity index (χ3v) is 3.01. The second kappa shape index (κ2) is 9.43. The molecule has 0 spiro atoms. The van der Waals surface area contributed by atoms with Gasteiger partial charge in [-0.25, -0.2) is 0 Å². The van der Waals surface area contributed by atoms with Crippen LogP contribution in [-0.4, -0.2) is 18.5 Å². The molecule has 108 valence electrons. The molecule has 3 N–H and O–H groups in total. The van der Waals surface area contributed by atoms with Crippen LogP contribution < -0.4 is 11.1 Å². The molecular formula is C13H19Cl3N2O. The van der Waals surface area contributed by atoms with Crippen LogP contribution in [0.4, 0.5) is 0 Å². The van der Waals surface area contributed by atoms with E-state index < -0.39 is 6.04 Å². The highest BCUT2D eigenvalue weighted by atomic mass is 35.5. The van der Waals surface area contributed by atoms with Gasteiger partial charge in [-0.15, -0.1) is 12.4 Å². The van der Waals surface area contributed by atoms with Gasteiger partial charge in [-0.05, 0) is 36.6 Å². The van der Waals surface area contributed by atoms with Gasteiger partial charge in [-0.1, -0.05) is 36.5 Å². The van der Waals surface area contributed by atoms with Gasteiger partial charge in [-0.3, -0.25) is 4.79 Å². The Balaban J connectivity index is 0.00000324. The van der Waals surface area contributed by atoms with Crippen molar-refractivity contribution in [2.24, 2.45) is 5.73 Å². The summed E-state index contributed by atoms with van der Waals surface area (Å²) in [6.07, 6.45) is 2.29. The molecule has 0 radical (unpaired) electrons. The second-order valence-electron chi connectivity index (χ2n) is 4.21. The van der Waals surface area contributed by atoms with Crippen LogP contribution in [0.3, 0.4) is 0 Å². The first-order valence-corrected chi connectivity index (χ1v) is 6.76. The maximum Gasteiger partial charge on any atom is 0.236 e. The average Bonchev–Trinajstić information content (AvgIpc) is 2.27. The zero-order chi connectivity index (χ0) is 13.5. The Hall–Kier alpha value is -0.480. The Morgan fingerprint density at radius 1 is 1.32 bits per heavy atom. The summed E-state index contributed by atoms with van der Waals surface area (Å²) >= 11 is 11.8. The Labute approximate surface area is 130 Å². The van der Waals surface area contributed by atoms with E-state index in [0.717, 1.165) is 12.0 Å². The minimum atomic E-state index is -0.419. The lowest BCUT2D eigenvalue weighted by atomic mass is 10.1. The molecule has 0 aromatic heterocycles. The summed E-state index contributed by atoms with van der Waals surface area (Å²) in [5.41, 5.74) is 6.70. The van der Waals surface area contributed by atoms with Crippen molar-refractivity contribution in [1.82, 2.24) is 5.32 Å². The number of carbonyl (C=O) groups is 1. The van der Waals surface area contributed by atoms with E-state index in [-0.39, 0.29) is 18.3 Å². The van der Waals surface area contributed by atoms with Gasteiger partial charge in [0.2, 0.25) is 5.91 Å². The van der Waals surface area contributed by atoms with Crippen LogP contribution in [0.5, 0.6) is 0 Å². The summed E-state index contributed by atoms with van der Waals surface area (Å²) < 4.78 is 0. The molecule has 0 saturated carbocycles. The van der Waals surface area contributed by atoms with E-state index in [9.17, 15) is 4.79 Å². The van der Waals surface area contributed by atoms with Crippen molar-refractivity contribution in [3.8, 4) is 0 Å². The average molecular weight is 326 g/mol. The van der Waals surface area contributed by atoms with E-state index >= 15 is 0 Å². The summed E-state index contributed by atoms with van der Waals surface area (Å²) in [7, 11) is 0. The molecule has 0 saturated heterocycles. The van der Waals surface area contributed by atoms with Gasteiger partial charge in [0.1, 0.15) is 0 Å². The number of hydrogen-bond donors (Lipinski definition) is 2. The normalized spacial score (nSPS) is 11.6. The Morgan fingerprint density at radius 3 is 2.42 bits per heavy atom. The van der Waals surface area contributed by atoms with Crippen molar-refractivity contribution in [2.45, 2.75) is 32.2 Å². The lowest BCUT2D eigenvalue weighted by Crippen LogP contribution is -2.41.